The van der Waals surface area contributed by atoms with Crippen LogP contribution in [0, 0.1) is 0 Å². The van der Waals surface area contributed by atoms with Crippen LogP contribution < -0.4 is 0 Å². The van der Waals surface area contributed by atoms with Crippen molar-refractivity contribution in [2.24, 2.45) is 0 Å². The van der Waals surface area contributed by atoms with Crippen molar-refractivity contribution in [3.05, 3.63) is 70.5 Å². The molecule has 0 bridgehead atoms. The Hall–Kier alpha value is -3.16. The summed E-state index contributed by atoms with van der Waals surface area (Å²) in [7, 11) is 0. The predicted octanol–water partition coefficient (Wildman–Crippen LogP) is 4.32. The number of nitrogens with zero attached hydrogens (tertiary/aromatic N) is 3. The van der Waals surface area contributed by atoms with Gasteiger partial charge in [-0.15, -0.1) is 11.3 Å². The van der Waals surface area contributed by atoms with Gasteiger partial charge in [0, 0.05) is 62.8 Å². The van der Waals surface area contributed by atoms with Gasteiger partial charge in [-0.3, -0.25) is 14.6 Å². The molecule has 0 radical (unpaired) electrons. The number of aromatic amines is 1. The monoisotopic (exact) mass is 450 g/mol. The van der Waals surface area contributed by atoms with Crippen LogP contribution >= 0.6 is 22.9 Å². The quantitative estimate of drug-likeness (QED) is 0.471. The van der Waals surface area contributed by atoms with E-state index in [1.54, 1.807) is 45.7 Å². The van der Waals surface area contributed by atoms with Crippen LogP contribution in [-0.2, 0) is 16.1 Å². The molecule has 31 heavy (non-hydrogen) atoms. The van der Waals surface area contributed by atoms with E-state index in [2.05, 4.69) is 9.97 Å². The average Bonchev–Trinajstić information content (AvgIpc) is 3.36. The predicted molar refractivity (Wildman–Crippen MR) is 124 cm³/mol. The van der Waals surface area contributed by atoms with Gasteiger partial charge in [0.05, 0.1) is 6.54 Å². The molecule has 0 saturated carbocycles. The van der Waals surface area contributed by atoms with Crippen molar-refractivity contribution in [3.63, 3.8) is 0 Å². The van der Waals surface area contributed by atoms with E-state index >= 15 is 0 Å². The van der Waals surface area contributed by atoms with Gasteiger partial charge in [0.1, 0.15) is 6.54 Å². The molecule has 0 aliphatic carbocycles. The zero-order valence-electron chi connectivity index (χ0n) is 16.5. The van der Waals surface area contributed by atoms with Gasteiger partial charge in [-0.1, -0.05) is 17.7 Å². The fraction of sp³-hybridized carbons (Fsp3) is 0.174. The molecule has 1 aliphatic rings. The summed E-state index contributed by atoms with van der Waals surface area (Å²) in [5.41, 5.74) is 1.96. The second-order valence-corrected chi connectivity index (χ2v) is 9.05. The maximum Gasteiger partial charge on any atom is 0.247 e. The average molecular weight is 451 g/mol. The smallest absolute Gasteiger partial charge is 0.247 e. The van der Waals surface area contributed by atoms with Crippen LogP contribution in [0.5, 0.6) is 0 Å². The molecule has 0 atom stereocenters. The Bertz CT molecular complexity index is 1290. The molecule has 156 valence electrons. The van der Waals surface area contributed by atoms with Gasteiger partial charge in [0.15, 0.2) is 0 Å². The molecule has 3 aromatic heterocycles. The van der Waals surface area contributed by atoms with Crippen LogP contribution in [0.25, 0.3) is 27.1 Å². The van der Waals surface area contributed by atoms with Gasteiger partial charge in [-0.25, -0.2) is 0 Å². The minimum Gasteiger partial charge on any atom is -0.357 e. The first-order valence-corrected chi connectivity index (χ1v) is 11.1. The van der Waals surface area contributed by atoms with Crippen molar-refractivity contribution >= 4 is 61.8 Å². The molecule has 6 nitrogen and oxygen atoms in total. The van der Waals surface area contributed by atoms with E-state index in [4.69, 9.17) is 11.6 Å². The number of H-pyrrole nitrogens is 1. The van der Waals surface area contributed by atoms with Crippen molar-refractivity contribution in [1.29, 1.82) is 0 Å². The highest BCUT2D eigenvalue weighted by Crippen LogP contribution is 2.29. The second-order valence-electron chi connectivity index (χ2n) is 7.50. The summed E-state index contributed by atoms with van der Waals surface area (Å²) in [5, 5.41) is 2.81. The highest BCUT2D eigenvalue weighted by Gasteiger charge is 2.26. The highest BCUT2D eigenvalue weighted by molar-refractivity contribution is 7.19. The lowest BCUT2D eigenvalue weighted by atomic mass is 10.2. The second kappa shape index (κ2) is 8.17. The number of thiophene rings is 1. The maximum atomic E-state index is 12.6. The zero-order chi connectivity index (χ0) is 21.4. The first-order chi connectivity index (χ1) is 15.0. The molecule has 0 unspecified atom stereocenters. The number of benzene rings is 1. The number of hydrogen-bond donors (Lipinski definition) is 1. The van der Waals surface area contributed by atoms with E-state index in [0.29, 0.717) is 24.7 Å². The molecule has 2 amide bonds. The maximum absolute atomic E-state index is 12.6. The summed E-state index contributed by atoms with van der Waals surface area (Å²) in [6.45, 7) is 1.61. The lowest BCUT2D eigenvalue weighted by molar-refractivity contribution is -0.143. The van der Waals surface area contributed by atoms with Crippen LogP contribution in [-0.4, -0.2) is 51.2 Å². The summed E-state index contributed by atoms with van der Waals surface area (Å²) >= 11 is 7.62. The number of carbonyl (C=O) groups excluding carboxylic acids is 2. The Morgan fingerprint density at radius 2 is 2.10 bits per heavy atom. The Labute approximate surface area is 187 Å². The molecule has 8 heteroatoms. The van der Waals surface area contributed by atoms with Crippen molar-refractivity contribution in [3.8, 4) is 0 Å². The van der Waals surface area contributed by atoms with Crippen molar-refractivity contribution < 1.29 is 9.59 Å². The third-order valence-corrected chi connectivity index (χ3v) is 6.66. The van der Waals surface area contributed by atoms with E-state index in [1.165, 1.54) is 0 Å². The van der Waals surface area contributed by atoms with Crippen LogP contribution in [0.2, 0.25) is 5.02 Å². The lowest BCUT2D eigenvalue weighted by Crippen LogP contribution is -2.51. The summed E-state index contributed by atoms with van der Waals surface area (Å²) in [4.78, 5) is 37.0. The zero-order valence-corrected chi connectivity index (χ0v) is 18.1. The molecule has 0 spiro atoms. The van der Waals surface area contributed by atoms with Crippen LogP contribution in [0.4, 0.5) is 0 Å². The van der Waals surface area contributed by atoms with Crippen LogP contribution in [0.1, 0.15) is 10.6 Å². The number of rotatable bonds is 4. The molecular weight excluding hydrogens is 432 g/mol. The fourth-order valence-corrected chi connectivity index (χ4v) is 5.00. The minimum atomic E-state index is -0.153. The molecule has 5 rings (SSSR count). The van der Waals surface area contributed by atoms with Gasteiger partial charge < -0.3 is 14.8 Å². The summed E-state index contributed by atoms with van der Waals surface area (Å²) in [6, 6.07) is 11.7. The molecule has 1 aliphatic heterocycles. The van der Waals surface area contributed by atoms with E-state index in [1.807, 2.05) is 36.4 Å². The molecule has 1 saturated heterocycles. The van der Waals surface area contributed by atoms with E-state index in [-0.39, 0.29) is 18.4 Å². The third-order valence-electron chi connectivity index (χ3n) is 5.36. The summed E-state index contributed by atoms with van der Waals surface area (Å²) in [5.74, 6) is -0.207. The normalized spacial score (nSPS) is 14.9. The number of fused-ring (bicyclic) bond motifs is 2. The molecule has 1 fully saturated rings. The summed E-state index contributed by atoms with van der Waals surface area (Å²) in [6.07, 6.45) is 6.88. The van der Waals surface area contributed by atoms with Crippen LogP contribution in [0.3, 0.4) is 0 Å². The van der Waals surface area contributed by atoms with Crippen molar-refractivity contribution in [1.82, 2.24) is 19.8 Å². The Kier molecular flexibility index (Phi) is 5.21. The number of hydrogen-bond acceptors (Lipinski definition) is 4. The standard InChI is InChI=1S/C23H19ClN4O2S/c24-17-2-1-15-10-19(31-21(15)11-17)3-4-22(29)28-8-7-27(23(30)14-28)13-18-9-16-12-25-6-5-20(16)26-18/h1-6,9-12,26H,7-8,13-14H2/b4-3+. The Balaban J connectivity index is 1.21. The van der Waals surface area contributed by atoms with Gasteiger partial charge in [0.25, 0.3) is 0 Å². The number of aromatic nitrogens is 2. The Morgan fingerprint density at radius 3 is 2.94 bits per heavy atom. The molecule has 4 aromatic rings. The lowest BCUT2D eigenvalue weighted by Gasteiger charge is -2.33. The number of halogens is 1. The number of carbonyl (C=O) groups is 2. The minimum absolute atomic E-state index is 0.0544. The molecular formula is C23H19ClN4O2S. The van der Waals surface area contributed by atoms with Gasteiger partial charge >= 0.3 is 0 Å². The highest BCUT2D eigenvalue weighted by atomic mass is 35.5. The van der Waals surface area contributed by atoms with E-state index in [9.17, 15) is 9.59 Å². The van der Waals surface area contributed by atoms with Crippen molar-refractivity contribution in [2.45, 2.75) is 6.54 Å². The topological polar surface area (TPSA) is 69.3 Å². The van der Waals surface area contributed by atoms with Crippen LogP contribution in [0.15, 0.2) is 54.9 Å². The van der Waals surface area contributed by atoms with Gasteiger partial charge in [0.2, 0.25) is 11.8 Å². The summed E-state index contributed by atoms with van der Waals surface area (Å²) < 4.78 is 1.08. The number of piperazine rings is 1. The van der Waals surface area contributed by atoms with Gasteiger partial charge in [-0.05, 0) is 41.8 Å². The molecule has 4 heterocycles. The van der Waals surface area contributed by atoms with E-state index in [0.717, 1.165) is 31.6 Å². The largest absolute Gasteiger partial charge is 0.357 e. The van der Waals surface area contributed by atoms with E-state index < -0.39 is 0 Å². The number of pyridine rings is 1. The molecule has 1 aromatic carbocycles. The SMILES string of the molecule is O=C(/C=C/c1cc2ccc(Cl)cc2s1)N1CCN(Cc2cc3cnccc3[nH]2)C(=O)C1. The Morgan fingerprint density at radius 1 is 1.19 bits per heavy atom. The van der Waals surface area contributed by atoms with Crippen molar-refractivity contribution in [2.75, 3.05) is 19.6 Å². The number of nitrogens with one attached hydrogen (secondary N) is 1. The number of amides is 2. The first-order valence-electron chi connectivity index (χ1n) is 9.91. The fourth-order valence-electron chi connectivity index (χ4n) is 3.75. The van der Waals surface area contributed by atoms with Gasteiger partial charge in [-0.2, -0.15) is 0 Å². The first kappa shape index (κ1) is 19.8. The molecule has 1 N–H and O–H groups in total. The third kappa shape index (κ3) is 4.19.